The predicted molar refractivity (Wildman–Crippen MR) is 65.6 cm³/mol. The lowest BCUT2D eigenvalue weighted by Crippen LogP contribution is -2.31. The van der Waals surface area contributed by atoms with Gasteiger partial charge in [-0.3, -0.25) is 0 Å². The van der Waals surface area contributed by atoms with E-state index in [4.69, 9.17) is 11.6 Å². The van der Waals surface area contributed by atoms with Crippen LogP contribution in [0, 0.1) is 0 Å². The summed E-state index contributed by atoms with van der Waals surface area (Å²) in [6, 6.07) is 3.91. The topological polar surface area (TPSA) is 16.1 Å². The number of thioether (sulfide) groups is 1. The molecule has 15 heavy (non-hydrogen) atoms. The van der Waals surface area contributed by atoms with Gasteiger partial charge in [0.2, 0.25) is 0 Å². The quantitative estimate of drug-likeness (QED) is 0.794. The standard InChI is InChI=1S/C11H15ClN2S/c1-14-6-4-10(5-7-14)15-11-3-2-9(12)8-13-11/h2-3,8,10H,4-7H2,1H3. The van der Waals surface area contributed by atoms with Gasteiger partial charge in [-0.15, -0.1) is 11.8 Å². The Hall–Kier alpha value is -0.250. The lowest BCUT2D eigenvalue weighted by Gasteiger charge is -2.28. The van der Waals surface area contributed by atoms with Gasteiger partial charge < -0.3 is 4.90 Å². The highest BCUT2D eigenvalue weighted by Gasteiger charge is 2.17. The highest BCUT2D eigenvalue weighted by atomic mass is 35.5. The van der Waals surface area contributed by atoms with Crippen LogP contribution < -0.4 is 0 Å². The first-order chi connectivity index (χ1) is 7.24. The van der Waals surface area contributed by atoms with E-state index in [1.165, 1.54) is 25.9 Å². The first-order valence-corrected chi connectivity index (χ1v) is 6.46. The van der Waals surface area contributed by atoms with E-state index in [1.807, 2.05) is 23.9 Å². The molecule has 1 saturated heterocycles. The fraction of sp³-hybridized carbons (Fsp3) is 0.545. The first kappa shape index (κ1) is 11.2. The second kappa shape index (κ2) is 5.19. The molecule has 2 nitrogen and oxygen atoms in total. The van der Waals surface area contributed by atoms with Crippen molar-refractivity contribution >= 4 is 23.4 Å². The SMILES string of the molecule is CN1CCC(Sc2ccc(Cl)cn2)CC1. The minimum Gasteiger partial charge on any atom is -0.306 e. The van der Waals surface area contributed by atoms with Crippen LogP contribution in [0.4, 0.5) is 0 Å². The molecule has 82 valence electrons. The van der Waals surface area contributed by atoms with Crippen LogP contribution in [0.25, 0.3) is 0 Å². The van der Waals surface area contributed by atoms with E-state index in [2.05, 4.69) is 16.9 Å². The maximum absolute atomic E-state index is 5.80. The van der Waals surface area contributed by atoms with Crippen molar-refractivity contribution in [3.05, 3.63) is 23.4 Å². The van der Waals surface area contributed by atoms with E-state index < -0.39 is 0 Å². The molecular formula is C11H15ClN2S. The highest BCUT2D eigenvalue weighted by molar-refractivity contribution is 7.99. The Balaban J connectivity index is 1.89. The van der Waals surface area contributed by atoms with Crippen LogP contribution in [0.5, 0.6) is 0 Å². The number of hydrogen-bond acceptors (Lipinski definition) is 3. The van der Waals surface area contributed by atoms with Gasteiger partial charge in [-0.25, -0.2) is 4.98 Å². The Labute approximate surface area is 100 Å². The summed E-state index contributed by atoms with van der Waals surface area (Å²) >= 11 is 7.67. The molecule has 0 saturated carbocycles. The van der Waals surface area contributed by atoms with Gasteiger partial charge in [0.25, 0.3) is 0 Å². The third-order valence-corrected chi connectivity index (χ3v) is 4.16. The lowest BCUT2D eigenvalue weighted by atomic mass is 10.1. The lowest BCUT2D eigenvalue weighted by molar-refractivity contribution is 0.282. The largest absolute Gasteiger partial charge is 0.306 e. The second-order valence-corrected chi connectivity index (χ2v) is 5.69. The summed E-state index contributed by atoms with van der Waals surface area (Å²) in [7, 11) is 2.18. The number of aromatic nitrogens is 1. The van der Waals surface area contributed by atoms with Gasteiger partial charge in [-0.2, -0.15) is 0 Å². The van der Waals surface area contributed by atoms with Crippen molar-refractivity contribution in [3.8, 4) is 0 Å². The Bertz CT molecular complexity index is 307. The van der Waals surface area contributed by atoms with Crippen LogP contribution in [0.3, 0.4) is 0 Å². The highest BCUT2D eigenvalue weighted by Crippen LogP contribution is 2.28. The molecule has 1 aliphatic heterocycles. The average molecular weight is 243 g/mol. The molecule has 0 bridgehead atoms. The normalized spacial score (nSPS) is 19.3. The Morgan fingerprint density at radius 3 is 2.73 bits per heavy atom. The third kappa shape index (κ3) is 3.37. The summed E-state index contributed by atoms with van der Waals surface area (Å²) in [6.45, 7) is 2.40. The zero-order valence-corrected chi connectivity index (χ0v) is 10.4. The van der Waals surface area contributed by atoms with E-state index in [0.29, 0.717) is 5.02 Å². The molecule has 0 N–H and O–H groups in total. The minimum atomic E-state index is 0.711. The summed E-state index contributed by atoms with van der Waals surface area (Å²) in [4.78, 5) is 6.69. The molecule has 0 aliphatic carbocycles. The number of likely N-dealkylation sites (tertiary alicyclic amines) is 1. The van der Waals surface area contributed by atoms with Crippen molar-refractivity contribution in [1.82, 2.24) is 9.88 Å². The molecule has 2 heterocycles. The first-order valence-electron chi connectivity index (χ1n) is 5.21. The van der Waals surface area contributed by atoms with Crippen LogP contribution in [-0.4, -0.2) is 35.3 Å². The van der Waals surface area contributed by atoms with Gasteiger partial charge in [0.15, 0.2) is 0 Å². The van der Waals surface area contributed by atoms with E-state index in [-0.39, 0.29) is 0 Å². The molecule has 0 spiro atoms. The van der Waals surface area contributed by atoms with Gasteiger partial charge >= 0.3 is 0 Å². The monoisotopic (exact) mass is 242 g/mol. The summed E-state index contributed by atoms with van der Waals surface area (Å²) < 4.78 is 0. The van der Waals surface area contributed by atoms with Crippen LogP contribution >= 0.6 is 23.4 Å². The van der Waals surface area contributed by atoms with Crippen LogP contribution in [0.2, 0.25) is 5.02 Å². The summed E-state index contributed by atoms with van der Waals surface area (Å²) in [6.07, 6.45) is 4.23. The number of nitrogens with zero attached hydrogens (tertiary/aromatic N) is 2. The van der Waals surface area contributed by atoms with Gasteiger partial charge in [-0.1, -0.05) is 11.6 Å². The van der Waals surface area contributed by atoms with Crippen molar-refractivity contribution in [3.63, 3.8) is 0 Å². The molecule has 4 heteroatoms. The number of rotatable bonds is 2. The van der Waals surface area contributed by atoms with Crippen molar-refractivity contribution in [2.75, 3.05) is 20.1 Å². The second-order valence-electron chi connectivity index (χ2n) is 3.94. The number of halogens is 1. The van der Waals surface area contributed by atoms with Gasteiger partial charge in [0, 0.05) is 11.4 Å². The Morgan fingerprint density at radius 1 is 1.40 bits per heavy atom. The van der Waals surface area contributed by atoms with Crippen molar-refractivity contribution < 1.29 is 0 Å². The molecule has 1 aromatic heterocycles. The Morgan fingerprint density at radius 2 is 2.13 bits per heavy atom. The zero-order chi connectivity index (χ0) is 10.7. The fourth-order valence-electron chi connectivity index (χ4n) is 1.71. The summed E-state index contributed by atoms with van der Waals surface area (Å²) in [5, 5.41) is 2.52. The van der Waals surface area contributed by atoms with Crippen LogP contribution in [0.15, 0.2) is 23.4 Å². The fourth-order valence-corrected chi connectivity index (χ4v) is 2.87. The summed E-state index contributed by atoms with van der Waals surface area (Å²) in [5.41, 5.74) is 0. The number of pyridine rings is 1. The molecule has 2 rings (SSSR count). The van der Waals surface area contributed by atoms with Crippen molar-refractivity contribution in [1.29, 1.82) is 0 Å². The number of piperidine rings is 1. The molecule has 0 aromatic carbocycles. The summed E-state index contributed by atoms with van der Waals surface area (Å²) in [5.74, 6) is 0. The van der Waals surface area contributed by atoms with E-state index in [9.17, 15) is 0 Å². The zero-order valence-electron chi connectivity index (χ0n) is 8.82. The third-order valence-electron chi connectivity index (χ3n) is 2.65. The molecule has 1 fully saturated rings. The smallest absolute Gasteiger partial charge is 0.0963 e. The van der Waals surface area contributed by atoms with Gasteiger partial charge in [0.05, 0.1) is 10.0 Å². The molecule has 1 aliphatic rings. The molecule has 1 aromatic rings. The average Bonchev–Trinajstić information content (AvgIpc) is 2.25. The van der Waals surface area contributed by atoms with E-state index in [1.54, 1.807) is 6.20 Å². The van der Waals surface area contributed by atoms with E-state index in [0.717, 1.165) is 10.3 Å². The molecule has 0 radical (unpaired) electrons. The Kier molecular flexibility index (Phi) is 3.89. The molecular weight excluding hydrogens is 228 g/mol. The van der Waals surface area contributed by atoms with Crippen LogP contribution in [-0.2, 0) is 0 Å². The van der Waals surface area contributed by atoms with Crippen molar-refractivity contribution in [2.45, 2.75) is 23.1 Å². The van der Waals surface area contributed by atoms with Crippen molar-refractivity contribution in [2.24, 2.45) is 0 Å². The predicted octanol–water partition coefficient (Wildman–Crippen LogP) is 2.92. The minimum absolute atomic E-state index is 0.711. The molecule has 0 unspecified atom stereocenters. The molecule has 0 amide bonds. The maximum atomic E-state index is 5.80. The van der Waals surface area contributed by atoms with Gasteiger partial charge in [0.1, 0.15) is 0 Å². The van der Waals surface area contributed by atoms with E-state index >= 15 is 0 Å². The molecule has 0 atom stereocenters. The van der Waals surface area contributed by atoms with Gasteiger partial charge in [-0.05, 0) is 45.1 Å². The van der Waals surface area contributed by atoms with Crippen LogP contribution in [0.1, 0.15) is 12.8 Å². The number of hydrogen-bond donors (Lipinski definition) is 0. The maximum Gasteiger partial charge on any atom is 0.0963 e.